The molecule has 1 aromatic heterocycles. The minimum atomic E-state index is 0.0689. The van der Waals surface area contributed by atoms with Crippen LogP contribution in [0.3, 0.4) is 0 Å². The second kappa shape index (κ2) is 7.45. The molecule has 0 aliphatic heterocycles. The van der Waals surface area contributed by atoms with Gasteiger partial charge in [0.1, 0.15) is 5.82 Å². The Kier molecular flexibility index (Phi) is 6.08. The predicted octanol–water partition coefficient (Wildman–Crippen LogP) is 1.55. The molecule has 15 heavy (non-hydrogen) atoms. The topological polar surface area (TPSA) is 54.4 Å². The van der Waals surface area contributed by atoms with Gasteiger partial charge in [-0.3, -0.25) is 0 Å². The third-order valence-corrected chi connectivity index (χ3v) is 2.06. The van der Waals surface area contributed by atoms with Crippen LogP contribution in [0.25, 0.3) is 0 Å². The molecular weight excluding hydrogens is 216 g/mol. The quantitative estimate of drug-likeness (QED) is 0.698. The predicted molar refractivity (Wildman–Crippen MR) is 60.3 cm³/mol. The van der Waals surface area contributed by atoms with Gasteiger partial charge in [0.2, 0.25) is 0 Å². The Labute approximate surface area is 94.2 Å². The van der Waals surface area contributed by atoms with Crippen molar-refractivity contribution in [3.05, 3.63) is 23.4 Å². The average molecular weight is 231 g/mol. The SMILES string of the molecule is OCCOCCCNc1ncccc1Cl. The van der Waals surface area contributed by atoms with E-state index in [0.717, 1.165) is 13.0 Å². The van der Waals surface area contributed by atoms with Gasteiger partial charge in [-0.05, 0) is 18.6 Å². The summed E-state index contributed by atoms with van der Waals surface area (Å²) in [4.78, 5) is 4.09. The molecule has 5 heteroatoms. The minimum Gasteiger partial charge on any atom is -0.394 e. The first-order valence-electron chi connectivity index (χ1n) is 4.87. The Balaban J connectivity index is 2.12. The standard InChI is InChI=1S/C10H15ClN2O2/c11-9-3-1-4-12-10(9)13-5-2-7-15-8-6-14/h1,3-4,14H,2,5-8H2,(H,12,13). The molecule has 0 aliphatic rings. The third-order valence-electron chi connectivity index (χ3n) is 1.75. The molecule has 1 rings (SSSR count). The van der Waals surface area contributed by atoms with E-state index in [-0.39, 0.29) is 6.61 Å². The number of aliphatic hydroxyl groups excluding tert-OH is 1. The molecule has 0 unspecified atom stereocenters. The summed E-state index contributed by atoms with van der Waals surface area (Å²) >= 11 is 5.90. The number of halogens is 1. The molecule has 0 spiro atoms. The second-order valence-corrected chi connectivity index (χ2v) is 3.36. The van der Waals surface area contributed by atoms with Gasteiger partial charge in [0.15, 0.2) is 0 Å². The van der Waals surface area contributed by atoms with E-state index in [1.807, 2.05) is 0 Å². The van der Waals surface area contributed by atoms with Crippen molar-refractivity contribution in [3.8, 4) is 0 Å². The van der Waals surface area contributed by atoms with Crippen LogP contribution in [-0.2, 0) is 4.74 Å². The van der Waals surface area contributed by atoms with Crippen LogP contribution in [0.1, 0.15) is 6.42 Å². The lowest BCUT2D eigenvalue weighted by molar-refractivity contribution is 0.0922. The van der Waals surface area contributed by atoms with Crippen LogP contribution >= 0.6 is 11.6 Å². The first kappa shape index (κ1) is 12.2. The van der Waals surface area contributed by atoms with Crippen LogP contribution in [0.2, 0.25) is 5.02 Å². The molecule has 0 saturated heterocycles. The van der Waals surface area contributed by atoms with Crippen molar-refractivity contribution < 1.29 is 9.84 Å². The summed E-state index contributed by atoms with van der Waals surface area (Å²) in [6.45, 7) is 1.84. The molecule has 0 bridgehead atoms. The summed E-state index contributed by atoms with van der Waals surface area (Å²) in [5.74, 6) is 0.696. The van der Waals surface area contributed by atoms with Crippen LogP contribution in [0.15, 0.2) is 18.3 Å². The number of pyridine rings is 1. The summed E-state index contributed by atoms with van der Waals surface area (Å²) in [5, 5.41) is 12.2. The molecule has 4 nitrogen and oxygen atoms in total. The number of rotatable bonds is 7. The van der Waals surface area contributed by atoms with E-state index >= 15 is 0 Å². The van der Waals surface area contributed by atoms with Crippen molar-refractivity contribution in [1.82, 2.24) is 4.98 Å². The fraction of sp³-hybridized carbons (Fsp3) is 0.500. The van der Waals surface area contributed by atoms with Crippen molar-refractivity contribution in [2.75, 3.05) is 31.7 Å². The summed E-state index contributed by atoms with van der Waals surface area (Å²) < 4.78 is 5.11. The van der Waals surface area contributed by atoms with Crippen molar-refractivity contribution in [3.63, 3.8) is 0 Å². The van der Waals surface area contributed by atoms with Gasteiger partial charge in [-0.1, -0.05) is 11.6 Å². The largest absolute Gasteiger partial charge is 0.394 e. The molecule has 0 saturated carbocycles. The molecule has 0 aromatic carbocycles. The Hall–Kier alpha value is -0.840. The molecule has 0 atom stereocenters. The van der Waals surface area contributed by atoms with Crippen molar-refractivity contribution >= 4 is 17.4 Å². The summed E-state index contributed by atoms with van der Waals surface area (Å²) in [7, 11) is 0. The number of aromatic nitrogens is 1. The monoisotopic (exact) mass is 230 g/mol. The van der Waals surface area contributed by atoms with E-state index in [1.165, 1.54) is 0 Å². The third kappa shape index (κ3) is 4.97. The van der Waals surface area contributed by atoms with Gasteiger partial charge in [-0.15, -0.1) is 0 Å². The Morgan fingerprint density at radius 3 is 3.07 bits per heavy atom. The van der Waals surface area contributed by atoms with E-state index in [0.29, 0.717) is 24.1 Å². The molecule has 0 radical (unpaired) electrons. The van der Waals surface area contributed by atoms with Crippen LogP contribution in [0.5, 0.6) is 0 Å². The number of nitrogens with zero attached hydrogens (tertiary/aromatic N) is 1. The normalized spacial score (nSPS) is 10.3. The summed E-state index contributed by atoms with van der Waals surface area (Å²) in [6.07, 6.45) is 2.55. The molecule has 0 amide bonds. The van der Waals surface area contributed by atoms with Gasteiger partial charge in [0.25, 0.3) is 0 Å². The number of anilines is 1. The smallest absolute Gasteiger partial charge is 0.144 e. The number of hydrogen-bond acceptors (Lipinski definition) is 4. The highest BCUT2D eigenvalue weighted by molar-refractivity contribution is 6.32. The van der Waals surface area contributed by atoms with Gasteiger partial charge >= 0.3 is 0 Å². The average Bonchev–Trinajstić information content (AvgIpc) is 2.25. The van der Waals surface area contributed by atoms with E-state index in [4.69, 9.17) is 21.4 Å². The zero-order valence-electron chi connectivity index (χ0n) is 8.45. The molecular formula is C10H15ClN2O2. The minimum absolute atomic E-state index is 0.0689. The van der Waals surface area contributed by atoms with Gasteiger partial charge in [0, 0.05) is 19.3 Å². The van der Waals surface area contributed by atoms with E-state index in [9.17, 15) is 0 Å². The van der Waals surface area contributed by atoms with Crippen LogP contribution in [0, 0.1) is 0 Å². The van der Waals surface area contributed by atoms with Crippen LogP contribution in [-0.4, -0.2) is 36.5 Å². The Bertz CT molecular complexity index is 284. The van der Waals surface area contributed by atoms with Crippen molar-refractivity contribution in [2.24, 2.45) is 0 Å². The number of nitrogens with one attached hydrogen (secondary N) is 1. The lowest BCUT2D eigenvalue weighted by Crippen LogP contribution is -2.08. The fourth-order valence-corrected chi connectivity index (χ4v) is 1.25. The Morgan fingerprint density at radius 1 is 1.47 bits per heavy atom. The van der Waals surface area contributed by atoms with Gasteiger partial charge in [0.05, 0.1) is 18.2 Å². The van der Waals surface area contributed by atoms with Crippen LogP contribution < -0.4 is 5.32 Å². The highest BCUT2D eigenvalue weighted by atomic mass is 35.5. The molecule has 0 aliphatic carbocycles. The van der Waals surface area contributed by atoms with E-state index in [1.54, 1.807) is 18.3 Å². The molecule has 84 valence electrons. The summed E-state index contributed by atoms with van der Waals surface area (Å²) in [6, 6.07) is 3.58. The van der Waals surface area contributed by atoms with Gasteiger partial charge < -0.3 is 15.2 Å². The number of aliphatic hydroxyl groups is 1. The molecule has 1 heterocycles. The number of ether oxygens (including phenoxy) is 1. The first-order chi connectivity index (χ1) is 7.34. The van der Waals surface area contributed by atoms with Crippen molar-refractivity contribution in [2.45, 2.75) is 6.42 Å². The lowest BCUT2D eigenvalue weighted by atomic mass is 10.4. The maximum Gasteiger partial charge on any atom is 0.144 e. The highest BCUT2D eigenvalue weighted by Crippen LogP contribution is 2.16. The maximum absolute atomic E-state index is 8.47. The second-order valence-electron chi connectivity index (χ2n) is 2.95. The molecule has 0 fully saturated rings. The van der Waals surface area contributed by atoms with Gasteiger partial charge in [-0.25, -0.2) is 4.98 Å². The van der Waals surface area contributed by atoms with E-state index in [2.05, 4.69) is 10.3 Å². The number of hydrogen-bond donors (Lipinski definition) is 2. The Morgan fingerprint density at radius 2 is 2.33 bits per heavy atom. The molecule has 2 N–H and O–H groups in total. The van der Waals surface area contributed by atoms with E-state index < -0.39 is 0 Å². The lowest BCUT2D eigenvalue weighted by Gasteiger charge is -2.06. The van der Waals surface area contributed by atoms with Crippen molar-refractivity contribution in [1.29, 1.82) is 0 Å². The zero-order valence-corrected chi connectivity index (χ0v) is 9.20. The zero-order chi connectivity index (χ0) is 10.9. The summed E-state index contributed by atoms with van der Waals surface area (Å²) in [5.41, 5.74) is 0. The fourth-order valence-electron chi connectivity index (χ4n) is 1.06. The molecule has 1 aromatic rings. The van der Waals surface area contributed by atoms with Gasteiger partial charge in [-0.2, -0.15) is 0 Å². The first-order valence-corrected chi connectivity index (χ1v) is 5.25. The highest BCUT2D eigenvalue weighted by Gasteiger charge is 1.98. The van der Waals surface area contributed by atoms with Crippen LogP contribution in [0.4, 0.5) is 5.82 Å². The maximum atomic E-state index is 8.47.